The van der Waals surface area contributed by atoms with Gasteiger partial charge in [0.1, 0.15) is 0 Å². The van der Waals surface area contributed by atoms with Crippen molar-refractivity contribution in [1.29, 1.82) is 0 Å². The van der Waals surface area contributed by atoms with Crippen LogP contribution in [0, 0.1) is 11.8 Å². The summed E-state index contributed by atoms with van der Waals surface area (Å²) in [7, 11) is 0. The first-order valence-electron chi connectivity index (χ1n) is 9.14. The van der Waals surface area contributed by atoms with E-state index in [1.807, 2.05) is 24.3 Å². The van der Waals surface area contributed by atoms with Crippen molar-refractivity contribution in [3.05, 3.63) is 24.3 Å². The molecular weight excluding hydrogens is 318 g/mol. The van der Waals surface area contributed by atoms with Crippen LogP contribution in [-0.4, -0.2) is 26.5 Å². The Balaban J connectivity index is 1.59. The summed E-state index contributed by atoms with van der Waals surface area (Å²) in [4.78, 5) is 28.4. The lowest BCUT2D eigenvalue weighted by molar-refractivity contribution is -0.141. The highest BCUT2D eigenvalue weighted by Gasteiger charge is 2.34. The third-order valence-electron chi connectivity index (χ3n) is 5.67. The van der Waals surface area contributed by atoms with E-state index in [-0.39, 0.29) is 11.8 Å². The first-order valence-corrected chi connectivity index (χ1v) is 9.14. The lowest BCUT2D eigenvalue weighted by Crippen LogP contribution is -2.24. The summed E-state index contributed by atoms with van der Waals surface area (Å²) < 4.78 is 2.17. The number of carbonyl (C=O) groups excluding carboxylic acids is 1. The Hall–Kier alpha value is -2.37. The van der Waals surface area contributed by atoms with Crippen LogP contribution in [0.5, 0.6) is 0 Å². The van der Waals surface area contributed by atoms with Gasteiger partial charge in [0.15, 0.2) is 0 Å². The Morgan fingerprint density at radius 3 is 2.52 bits per heavy atom. The van der Waals surface area contributed by atoms with Crippen molar-refractivity contribution in [2.24, 2.45) is 11.8 Å². The summed E-state index contributed by atoms with van der Waals surface area (Å²) in [5.74, 6) is -0.925. The average molecular weight is 341 g/mol. The van der Waals surface area contributed by atoms with Crippen molar-refractivity contribution in [1.82, 2.24) is 9.55 Å². The number of aromatic nitrogens is 2. The number of rotatable bonds is 4. The number of nitrogens with one attached hydrogen (secondary N) is 1. The van der Waals surface area contributed by atoms with E-state index in [9.17, 15) is 9.59 Å². The van der Waals surface area contributed by atoms with E-state index in [4.69, 9.17) is 5.11 Å². The number of aliphatic carboxylic acids is 1. The molecule has 2 aliphatic carbocycles. The number of fused-ring (bicyclic) bond motifs is 1. The van der Waals surface area contributed by atoms with E-state index in [1.165, 1.54) is 12.8 Å². The number of anilines is 1. The fourth-order valence-corrected chi connectivity index (χ4v) is 4.32. The highest BCUT2D eigenvalue weighted by molar-refractivity contribution is 5.93. The van der Waals surface area contributed by atoms with Gasteiger partial charge in [0.2, 0.25) is 11.9 Å². The van der Waals surface area contributed by atoms with Gasteiger partial charge in [-0.3, -0.25) is 14.9 Å². The molecule has 0 saturated heterocycles. The third-order valence-corrected chi connectivity index (χ3v) is 5.67. The predicted octanol–water partition coefficient (Wildman–Crippen LogP) is 3.59. The van der Waals surface area contributed by atoms with E-state index >= 15 is 0 Å². The predicted molar refractivity (Wildman–Crippen MR) is 94.3 cm³/mol. The number of imidazole rings is 1. The van der Waals surface area contributed by atoms with Crippen molar-refractivity contribution in [3.63, 3.8) is 0 Å². The summed E-state index contributed by atoms with van der Waals surface area (Å²) in [6, 6.07) is 8.33. The maximum atomic E-state index is 12.7. The molecule has 132 valence electrons. The Labute approximate surface area is 146 Å². The maximum absolute atomic E-state index is 12.7. The van der Waals surface area contributed by atoms with E-state index in [2.05, 4.69) is 14.9 Å². The second-order valence-electron chi connectivity index (χ2n) is 7.27. The monoisotopic (exact) mass is 341 g/mol. The van der Waals surface area contributed by atoms with Crippen LogP contribution >= 0.6 is 0 Å². The topological polar surface area (TPSA) is 84.2 Å². The van der Waals surface area contributed by atoms with Gasteiger partial charge in [-0.15, -0.1) is 0 Å². The molecule has 6 heteroatoms. The summed E-state index contributed by atoms with van der Waals surface area (Å²) in [5, 5.41) is 12.1. The van der Waals surface area contributed by atoms with Gasteiger partial charge in [0.25, 0.3) is 0 Å². The molecule has 2 aliphatic rings. The molecule has 2 fully saturated rings. The summed E-state index contributed by atoms with van der Waals surface area (Å²) in [6.07, 6.45) is 6.24. The number of benzene rings is 1. The van der Waals surface area contributed by atoms with Crippen LogP contribution < -0.4 is 5.32 Å². The van der Waals surface area contributed by atoms with Crippen LogP contribution in [-0.2, 0) is 9.59 Å². The molecule has 2 N–H and O–H groups in total. The Bertz CT molecular complexity index is 807. The average Bonchev–Trinajstić information content (AvgIpc) is 3.33. The molecule has 1 aromatic carbocycles. The number of amides is 1. The molecule has 1 amide bonds. The number of hydrogen-bond donors (Lipinski definition) is 2. The molecule has 2 saturated carbocycles. The van der Waals surface area contributed by atoms with Crippen molar-refractivity contribution >= 4 is 28.9 Å². The SMILES string of the molecule is O=C(O)[C@@H]1CC[C@H](C(=O)Nc2nc3ccccc3n2C2CCCC2)C1. The Kier molecular flexibility index (Phi) is 4.19. The van der Waals surface area contributed by atoms with Crippen molar-refractivity contribution in [2.75, 3.05) is 5.32 Å². The van der Waals surface area contributed by atoms with Gasteiger partial charge in [-0.25, -0.2) is 4.98 Å². The van der Waals surface area contributed by atoms with Crippen molar-refractivity contribution < 1.29 is 14.7 Å². The summed E-state index contributed by atoms with van der Waals surface area (Å²) in [6.45, 7) is 0. The molecule has 2 aromatic rings. The van der Waals surface area contributed by atoms with Crippen LogP contribution in [0.3, 0.4) is 0 Å². The molecule has 1 aromatic heterocycles. The van der Waals surface area contributed by atoms with Gasteiger partial charge in [-0.1, -0.05) is 25.0 Å². The van der Waals surface area contributed by atoms with Crippen molar-refractivity contribution in [2.45, 2.75) is 51.0 Å². The van der Waals surface area contributed by atoms with E-state index in [0.29, 0.717) is 31.3 Å². The molecule has 25 heavy (non-hydrogen) atoms. The van der Waals surface area contributed by atoms with E-state index < -0.39 is 11.9 Å². The molecule has 2 atom stereocenters. The quantitative estimate of drug-likeness (QED) is 0.890. The van der Waals surface area contributed by atoms with Crippen LogP contribution in [0.25, 0.3) is 11.0 Å². The van der Waals surface area contributed by atoms with Crippen LogP contribution in [0.1, 0.15) is 51.0 Å². The molecule has 0 bridgehead atoms. The van der Waals surface area contributed by atoms with Gasteiger partial charge >= 0.3 is 5.97 Å². The van der Waals surface area contributed by atoms with Crippen LogP contribution in [0.2, 0.25) is 0 Å². The molecular formula is C19H23N3O3. The molecule has 1 heterocycles. The smallest absolute Gasteiger partial charge is 0.306 e. The summed E-state index contributed by atoms with van der Waals surface area (Å²) in [5.41, 5.74) is 1.94. The zero-order chi connectivity index (χ0) is 17.4. The van der Waals surface area contributed by atoms with Gasteiger partial charge in [0, 0.05) is 12.0 Å². The molecule has 4 rings (SSSR count). The standard InChI is InChI=1S/C19H23N3O3/c23-17(12-9-10-13(11-12)18(24)25)21-19-20-15-7-3-4-8-16(15)22(19)14-5-1-2-6-14/h3-4,7-8,12-14H,1-2,5-6,9-11H2,(H,24,25)(H,20,21,23)/t12-,13+/m0/s1. The second kappa shape index (κ2) is 6.50. The molecule has 0 radical (unpaired) electrons. The molecule has 0 spiro atoms. The fourth-order valence-electron chi connectivity index (χ4n) is 4.32. The lowest BCUT2D eigenvalue weighted by atomic mass is 10.0. The Morgan fingerprint density at radius 2 is 1.80 bits per heavy atom. The fraction of sp³-hybridized carbons (Fsp3) is 0.526. The zero-order valence-electron chi connectivity index (χ0n) is 14.1. The first kappa shape index (κ1) is 16.1. The van der Waals surface area contributed by atoms with Gasteiger partial charge in [-0.2, -0.15) is 0 Å². The zero-order valence-corrected chi connectivity index (χ0v) is 14.1. The number of nitrogens with zero attached hydrogens (tertiary/aromatic N) is 2. The van der Waals surface area contributed by atoms with Crippen molar-refractivity contribution in [3.8, 4) is 0 Å². The minimum absolute atomic E-state index is 0.0988. The van der Waals surface area contributed by atoms with E-state index in [1.54, 1.807) is 0 Å². The highest BCUT2D eigenvalue weighted by Crippen LogP contribution is 2.36. The normalized spacial score (nSPS) is 24.0. The lowest BCUT2D eigenvalue weighted by Gasteiger charge is -2.17. The number of carboxylic acids is 1. The minimum atomic E-state index is -0.798. The number of carbonyl (C=O) groups is 2. The largest absolute Gasteiger partial charge is 0.481 e. The second-order valence-corrected chi connectivity index (χ2v) is 7.27. The minimum Gasteiger partial charge on any atom is -0.481 e. The van der Waals surface area contributed by atoms with Gasteiger partial charge in [-0.05, 0) is 44.2 Å². The van der Waals surface area contributed by atoms with Crippen LogP contribution in [0.4, 0.5) is 5.95 Å². The number of hydrogen-bond acceptors (Lipinski definition) is 3. The third kappa shape index (κ3) is 3.01. The van der Waals surface area contributed by atoms with Crippen LogP contribution in [0.15, 0.2) is 24.3 Å². The molecule has 0 unspecified atom stereocenters. The molecule has 6 nitrogen and oxygen atoms in total. The van der Waals surface area contributed by atoms with Gasteiger partial charge < -0.3 is 9.67 Å². The highest BCUT2D eigenvalue weighted by atomic mass is 16.4. The first-order chi connectivity index (χ1) is 12.1. The molecule has 0 aliphatic heterocycles. The van der Waals surface area contributed by atoms with Gasteiger partial charge in [0.05, 0.1) is 17.0 Å². The van der Waals surface area contributed by atoms with E-state index in [0.717, 1.165) is 23.9 Å². The number of carboxylic acid groups (broad SMARTS) is 1. The summed E-state index contributed by atoms with van der Waals surface area (Å²) >= 11 is 0. The maximum Gasteiger partial charge on any atom is 0.306 e. The Morgan fingerprint density at radius 1 is 1.08 bits per heavy atom. The number of para-hydroxylation sites is 2.